The van der Waals surface area contributed by atoms with Gasteiger partial charge in [0.25, 0.3) is 0 Å². The van der Waals surface area contributed by atoms with Gasteiger partial charge in [0, 0.05) is 13.1 Å². The van der Waals surface area contributed by atoms with E-state index in [1.165, 1.54) is 13.1 Å². The van der Waals surface area contributed by atoms with E-state index in [-0.39, 0.29) is 0 Å². The topological polar surface area (TPSA) is 77.4 Å². The average Bonchev–Trinajstić information content (AvgIpc) is 1.74. The normalized spacial score (nSPS) is 51.0. The van der Waals surface area contributed by atoms with Gasteiger partial charge in [-0.15, -0.1) is 0 Å². The summed E-state index contributed by atoms with van der Waals surface area (Å²) in [5, 5.41) is 0. The predicted molar refractivity (Wildman–Crippen MR) is 58.0 cm³/mol. The Balaban J connectivity index is 2.73. The summed E-state index contributed by atoms with van der Waals surface area (Å²) in [4.78, 5) is 19.5. The van der Waals surface area contributed by atoms with Crippen molar-refractivity contribution in [1.29, 1.82) is 0 Å². The third-order valence-corrected chi connectivity index (χ3v) is 13.8. The molecule has 4 unspecified atom stereocenters. The van der Waals surface area contributed by atoms with Crippen LogP contribution in [0.1, 0.15) is 0 Å². The Kier molecular flexibility index (Phi) is 3.85. The van der Waals surface area contributed by atoms with Crippen LogP contribution in [-0.4, -0.2) is 45.8 Å². The van der Waals surface area contributed by atoms with Crippen LogP contribution in [-0.2, 0) is 16.5 Å². The molecule has 0 spiro atoms. The molecule has 1 fully saturated rings. The van der Waals surface area contributed by atoms with E-state index in [2.05, 4.69) is 0 Å². The molecule has 0 saturated carbocycles. The van der Waals surface area contributed by atoms with Gasteiger partial charge in [-0.3, -0.25) is 0 Å². The van der Waals surface area contributed by atoms with Crippen LogP contribution in [0.25, 0.3) is 0 Å². The molecule has 0 bridgehead atoms. The second-order valence-corrected chi connectivity index (χ2v) is 13.1. The molecule has 0 aliphatic carbocycles. The van der Waals surface area contributed by atoms with E-state index in [0.717, 1.165) is 0 Å². The zero-order chi connectivity index (χ0) is 11.0. The van der Waals surface area contributed by atoms with Crippen molar-refractivity contribution < 1.29 is 26.1 Å². The molecule has 0 aromatic heterocycles. The highest BCUT2D eigenvalue weighted by atomic mass is 28.5. The van der Waals surface area contributed by atoms with Crippen LogP contribution in [0, 0.1) is 0 Å². The smallest absolute Gasteiger partial charge is 0.420 e. The molecule has 2 N–H and O–H groups in total. The van der Waals surface area contributed by atoms with E-state index < -0.39 is 36.2 Å². The highest BCUT2D eigenvalue weighted by molar-refractivity contribution is 6.81. The molecule has 0 aromatic rings. The van der Waals surface area contributed by atoms with Crippen molar-refractivity contribution >= 4 is 36.2 Å². The third-order valence-electron chi connectivity index (χ3n) is 1.53. The quantitative estimate of drug-likeness (QED) is 0.545. The van der Waals surface area contributed by atoms with Gasteiger partial charge in [-0.2, -0.15) is 0 Å². The first-order valence-corrected chi connectivity index (χ1v) is 13.1. The van der Waals surface area contributed by atoms with Gasteiger partial charge in [-0.25, -0.2) is 0 Å². The lowest BCUT2D eigenvalue weighted by Gasteiger charge is -2.35. The van der Waals surface area contributed by atoms with Crippen molar-refractivity contribution in [2.45, 2.75) is 26.2 Å². The maximum atomic E-state index is 9.73. The molecular formula is C4H16O6Si4. The molecule has 1 aliphatic rings. The minimum atomic E-state index is -3.26. The Labute approximate surface area is 88.8 Å². The second kappa shape index (κ2) is 4.24. The van der Waals surface area contributed by atoms with Crippen LogP contribution in [0.4, 0.5) is 0 Å². The Morgan fingerprint density at radius 2 is 1.29 bits per heavy atom. The van der Waals surface area contributed by atoms with Gasteiger partial charge >= 0.3 is 36.2 Å². The largest absolute Gasteiger partial charge is 0.478 e. The minimum Gasteiger partial charge on any atom is -0.420 e. The number of hydrogen-bond acceptors (Lipinski definition) is 6. The van der Waals surface area contributed by atoms with E-state index in [9.17, 15) is 9.59 Å². The average molecular weight is 273 g/mol. The van der Waals surface area contributed by atoms with E-state index in [1.54, 1.807) is 13.1 Å². The van der Waals surface area contributed by atoms with Crippen molar-refractivity contribution in [2.75, 3.05) is 0 Å². The summed E-state index contributed by atoms with van der Waals surface area (Å²) in [6.45, 7) is 6.53. The molecule has 1 rings (SSSR count). The summed E-state index contributed by atoms with van der Waals surface area (Å²) in [6.07, 6.45) is 0. The summed E-state index contributed by atoms with van der Waals surface area (Å²) in [6, 6.07) is 0. The van der Waals surface area contributed by atoms with Crippen molar-refractivity contribution in [3.63, 3.8) is 0 Å². The SMILES string of the molecule is C[SiH]1O[SiH](C)O[Si](C)(O)O[Si](C)(O)O1. The lowest BCUT2D eigenvalue weighted by atomic mass is 11.9. The summed E-state index contributed by atoms with van der Waals surface area (Å²) in [5.74, 6) is 0. The Morgan fingerprint density at radius 1 is 0.929 bits per heavy atom. The van der Waals surface area contributed by atoms with Gasteiger partial charge in [-0.05, 0) is 13.1 Å². The third kappa shape index (κ3) is 4.01. The zero-order valence-corrected chi connectivity index (χ0v) is 13.0. The van der Waals surface area contributed by atoms with E-state index in [4.69, 9.17) is 16.5 Å². The number of hydrogen-bond donors (Lipinski definition) is 2. The Morgan fingerprint density at radius 3 is 1.64 bits per heavy atom. The summed E-state index contributed by atoms with van der Waals surface area (Å²) in [7, 11) is -10.3. The van der Waals surface area contributed by atoms with E-state index in [1.807, 2.05) is 0 Å². The first-order chi connectivity index (χ1) is 6.20. The lowest BCUT2D eigenvalue weighted by molar-refractivity contribution is 0.148. The van der Waals surface area contributed by atoms with E-state index >= 15 is 0 Å². The molecule has 1 heterocycles. The molecule has 0 radical (unpaired) electrons. The Bertz CT molecular complexity index is 190. The molecular weight excluding hydrogens is 256 g/mol. The summed E-state index contributed by atoms with van der Waals surface area (Å²) in [5.41, 5.74) is 0. The fourth-order valence-electron chi connectivity index (χ4n) is 1.34. The zero-order valence-electron chi connectivity index (χ0n) is 8.68. The fraction of sp³-hybridized carbons (Fsp3) is 1.00. The maximum Gasteiger partial charge on any atom is 0.478 e. The lowest BCUT2D eigenvalue weighted by Crippen LogP contribution is -2.59. The molecule has 0 aromatic carbocycles. The van der Waals surface area contributed by atoms with Crippen molar-refractivity contribution in [3.05, 3.63) is 0 Å². The van der Waals surface area contributed by atoms with Crippen molar-refractivity contribution in [2.24, 2.45) is 0 Å². The van der Waals surface area contributed by atoms with Crippen molar-refractivity contribution in [3.8, 4) is 0 Å². The monoisotopic (exact) mass is 272 g/mol. The molecule has 14 heavy (non-hydrogen) atoms. The van der Waals surface area contributed by atoms with Gasteiger partial charge in [0.15, 0.2) is 0 Å². The fourth-order valence-corrected chi connectivity index (χ4v) is 13.9. The molecule has 1 saturated heterocycles. The van der Waals surface area contributed by atoms with Crippen LogP contribution in [0.3, 0.4) is 0 Å². The van der Waals surface area contributed by atoms with Crippen LogP contribution in [0.2, 0.25) is 26.2 Å². The molecule has 1 aliphatic heterocycles. The van der Waals surface area contributed by atoms with Gasteiger partial charge in [0.2, 0.25) is 0 Å². The first-order valence-electron chi connectivity index (χ1n) is 4.36. The predicted octanol–water partition coefficient (Wildman–Crippen LogP) is -1.11. The Hall–Kier alpha value is 0.628. The molecule has 84 valence electrons. The molecule has 4 atom stereocenters. The van der Waals surface area contributed by atoms with Gasteiger partial charge in [0.1, 0.15) is 0 Å². The molecule has 10 heteroatoms. The summed E-state index contributed by atoms with van der Waals surface area (Å²) >= 11 is 0. The van der Waals surface area contributed by atoms with Crippen LogP contribution >= 0.6 is 0 Å². The summed E-state index contributed by atoms with van der Waals surface area (Å²) < 4.78 is 21.2. The van der Waals surface area contributed by atoms with Crippen LogP contribution < -0.4 is 0 Å². The van der Waals surface area contributed by atoms with Crippen LogP contribution in [0.5, 0.6) is 0 Å². The second-order valence-electron chi connectivity index (χ2n) is 3.40. The first kappa shape index (κ1) is 12.7. The minimum absolute atomic E-state index is 1.46. The number of rotatable bonds is 0. The highest BCUT2D eigenvalue weighted by Gasteiger charge is 2.47. The molecule has 0 amide bonds. The van der Waals surface area contributed by atoms with Gasteiger partial charge in [-0.1, -0.05) is 0 Å². The highest BCUT2D eigenvalue weighted by Crippen LogP contribution is 2.18. The van der Waals surface area contributed by atoms with Gasteiger partial charge < -0.3 is 26.1 Å². The van der Waals surface area contributed by atoms with E-state index in [0.29, 0.717) is 0 Å². The maximum absolute atomic E-state index is 9.73. The standard InChI is InChI=1S/C4H16O6Si4/c1-11-7-12(2)9-14(4,6)10-13(3,5)8-11/h5-6,11-12H,1-4H3. The molecule has 6 nitrogen and oxygen atoms in total. The van der Waals surface area contributed by atoms with Crippen molar-refractivity contribution in [1.82, 2.24) is 0 Å². The van der Waals surface area contributed by atoms with Gasteiger partial charge in [0.05, 0.1) is 0 Å². The van der Waals surface area contributed by atoms with Crippen LogP contribution in [0.15, 0.2) is 0 Å².